The molecule has 1 saturated carbocycles. The molecule has 6 heteroatoms. The van der Waals surface area contributed by atoms with E-state index in [-0.39, 0.29) is 4.90 Å². The molecule has 0 spiro atoms. The first-order chi connectivity index (χ1) is 9.53. The lowest BCUT2D eigenvalue weighted by atomic mass is 10.1. The molecule has 112 valence electrons. The Balaban J connectivity index is 1.96. The van der Waals surface area contributed by atoms with Gasteiger partial charge in [-0.2, -0.15) is 0 Å². The molecule has 1 aromatic rings. The minimum atomic E-state index is -3.49. The molecule has 1 aliphatic rings. The quantitative estimate of drug-likeness (QED) is 0.788. The average molecular weight is 298 g/mol. The highest BCUT2D eigenvalue weighted by molar-refractivity contribution is 7.89. The van der Waals surface area contributed by atoms with Crippen molar-refractivity contribution in [3.8, 4) is 5.75 Å². The zero-order valence-corrected chi connectivity index (χ0v) is 12.6. The molecule has 0 amide bonds. The first kappa shape index (κ1) is 15.1. The maximum Gasteiger partial charge on any atom is 0.240 e. The van der Waals surface area contributed by atoms with Gasteiger partial charge in [0.25, 0.3) is 0 Å². The van der Waals surface area contributed by atoms with Crippen LogP contribution < -0.4 is 15.2 Å². The molecule has 0 saturated heterocycles. The van der Waals surface area contributed by atoms with Crippen molar-refractivity contribution in [2.45, 2.75) is 37.0 Å². The predicted molar refractivity (Wildman–Crippen MR) is 79.2 cm³/mol. The molecular formula is C14H22N2O3S. The lowest BCUT2D eigenvalue weighted by Gasteiger charge is -2.11. The summed E-state index contributed by atoms with van der Waals surface area (Å²) < 4.78 is 32.0. The smallest absolute Gasteiger partial charge is 0.240 e. The summed E-state index contributed by atoms with van der Waals surface area (Å²) in [6, 6.07) is 4.50. The van der Waals surface area contributed by atoms with Crippen LogP contribution in [-0.4, -0.2) is 22.1 Å². The zero-order chi connectivity index (χ0) is 14.6. The van der Waals surface area contributed by atoms with Gasteiger partial charge in [0.1, 0.15) is 5.75 Å². The van der Waals surface area contributed by atoms with Crippen molar-refractivity contribution >= 4 is 15.7 Å². The van der Waals surface area contributed by atoms with Gasteiger partial charge in [-0.3, -0.25) is 0 Å². The van der Waals surface area contributed by atoms with E-state index in [9.17, 15) is 8.42 Å². The maximum atomic E-state index is 12.2. The van der Waals surface area contributed by atoms with Crippen molar-refractivity contribution in [2.24, 2.45) is 5.92 Å². The van der Waals surface area contributed by atoms with E-state index < -0.39 is 10.0 Å². The van der Waals surface area contributed by atoms with Gasteiger partial charge in [-0.25, -0.2) is 13.1 Å². The number of nitrogens with one attached hydrogen (secondary N) is 1. The molecule has 1 fully saturated rings. The van der Waals surface area contributed by atoms with Gasteiger partial charge in [0, 0.05) is 6.54 Å². The van der Waals surface area contributed by atoms with Crippen molar-refractivity contribution in [2.75, 3.05) is 19.4 Å². The molecule has 3 N–H and O–H groups in total. The topological polar surface area (TPSA) is 81.4 Å². The van der Waals surface area contributed by atoms with Crippen molar-refractivity contribution in [1.29, 1.82) is 0 Å². The largest absolute Gasteiger partial charge is 0.495 e. The maximum absolute atomic E-state index is 12.2. The number of benzene rings is 1. The van der Waals surface area contributed by atoms with Crippen LogP contribution in [0.25, 0.3) is 0 Å². The Labute approximate surface area is 120 Å². The molecule has 0 unspecified atom stereocenters. The number of nitrogen functional groups attached to an aromatic ring is 1. The highest BCUT2D eigenvalue weighted by Gasteiger charge is 2.18. The van der Waals surface area contributed by atoms with Crippen LogP contribution in [0.3, 0.4) is 0 Å². The third-order valence-electron chi connectivity index (χ3n) is 3.83. The highest BCUT2D eigenvalue weighted by atomic mass is 32.2. The number of anilines is 1. The Bertz CT molecular complexity index is 552. The van der Waals surface area contributed by atoms with Crippen LogP contribution in [0.5, 0.6) is 5.75 Å². The van der Waals surface area contributed by atoms with Crippen LogP contribution >= 0.6 is 0 Å². The van der Waals surface area contributed by atoms with Gasteiger partial charge in [0.2, 0.25) is 10.0 Å². The number of rotatable bonds is 6. The molecule has 0 aliphatic heterocycles. The molecule has 0 heterocycles. The van der Waals surface area contributed by atoms with E-state index in [1.165, 1.54) is 44.9 Å². The molecule has 0 aromatic heterocycles. The number of hydrogen-bond acceptors (Lipinski definition) is 4. The minimum absolute atomic E-state index is 0.183. The second-order valence-corrected chi connectivity index (χ2v) is 7.01. The number of sulfonamides is 1. The van der Waals surface area contributed by atoms with Crippen LogP contribution in [0.1, 0.15) is 32.1 Å². The lowest BCUT2D eigenvalue weighted by Crippen LogP contribution is -2.26. The summed E-state index contributed by atoms with van der Waals surface area (Å²) >= 11 is 0. The van der Waals surface area contributed by atoms with E-state index in [4.69, 9.17) is 10.5 Å². The number of hydrogen-bond donors (Lipinski definition) is 2. The Morgan fingerprint density at radius 1 is 1.35 bits per heavy atom. The van der Waals surface area contributed by atoms with E-state index in [0.29, 0.717) is 23.9 Å². The predicted octanol–water partition coefficient (Wildman–Crippen LogP) is 2.14. The first-order valence-corrected chi connectivity index (χ1v) is 8.44. The van der Waals surface area contributed by atoms with E-state index in [1.807, 2.05) is 0 Å². The van der Waals surface area contributed by atoms with Crippen LogP contribution in [0.15, 0.2) is 23.1 Å². The van der Waals surface area contributed by atoms with Crippen molar-refractivity contribution in [1.82, 2.24) is 4.72 Å². The van der Waals surface area contributed by atoms with Gasteiger partial charge in [-0.05, 0) is 30.5 Å². The van der Waals surface area contributed by atoms with Crippen molar-refractivity contribution < 1.29 is 13.2 Å². The number of nitrogens with two attached hydrogens (primary N) is 1. The molecule has 2 rings (SSSR count). The SMILES string of the molecule is COc1ccc(S(=O)(=O)NCCC2CCCC2)cc1N. The van der Waals surface area contributed by atoms with Crippen LogP contribution in [0, 0.1) is 5.92 Å². The second kappa shape index (κ2) is 6.45. The summed E-state index contributed by atoms with van der Waals surface area (Å²) in [5.41, 5.74) is 6.06. The highest BCUT2D eigenvalue weighted by Crippen LogP contribution is 2.27. The van der Waals surface area contributed by atoms with Gasteiger partial charge in [0.05, 0.1) is 17.7 Å². The molecule has 0 atom stereocenters. The van der Waals surface area contributed by atoms with Crippen molar-refractivity contribution in [3.63, 3.8) is 0 Å². The molecule has 20 heavy (non-hydrogen) atoms. The summed E-state index contributed by atoms with van der Waals surface area (Å²) in [5, 5.41) is 0. The first-order valence-electron chi connectivity index (χ1n) is 6.96. The Morgan fingerprint density at radius 3 is 2.65 bits per heavy atom. The summed E-state index contributed by atoms with van der Waals surface area (Å²) in [6.45, 7) is 0.485. The number of methoxy groups -OCH3 is 1. The van der Waals surface area contributed by atoms with E-state index in [0.717, 1.165) is 6.42 Å². The third kappa shape index (κ3) is 3.64. The van der Waals surface area contributed by atoms with Gasteiger partial charge >= 0.3 is 0 Å². The van der Waals surface area contributed by atoms with E-state index in [1.54, 1.807) is 6.07 Å². The summed E-state index contributed by atoms with van der Waals surface area (Å²) in [4.78, 5) is 0.183. The Hall–Kier alpha value is -1.27. The fraction of sp³-hybridized carbons (Fsp3) is 0.571. The van der Waals surface area contributed by atoms with Gasteiger partial charge in [-0.15, -0.1) is 0 Å². The molecule has 0 bridgehead atoms. The van der Waals surface area contributed by atoms with Crippen LogP contribution in [-0.2, 0) is 10.0 Å². The fourth-order valence-corrected chi connectivity index (χ4v) is 3.74. The standard InChI is InChI=1S/C14H22N2O3S/c1-19-14-7-6-12(10-13(14)15)20(17,18)16-9-8-11-4-2-3-5-11/h6-7,10-11,16H,2-5,8-9,15H2,1H3. The average Bonchev–Trinajstić information content (AvgIpc) is 2.91. The summed E-state index contributed by atoms with van der Waals surface area (Å²) in [6.07, 6.45) is 5.89. The molecule has 1 aromatic carbocycles. The van der Waals surface area contributed by atoms with Crippen LogP contribution in [0.2, 0.25) is 0 Å². The third-order valence-corrected chi connectivity index (χ3v) is 5.29. The zero-order valence-electron chi connectivity index (χ0n) is 11.8. The normalized spacial score (nSPS) is 16.4. The van der Waals surface area contributed by atoms with Crippen LogP contribution in [0.4, 0.5) is 5.69 Å². The van der Waals surface area contributed by atoms with Gasteiger partial charge in [-0.1, -0.05) is 25.7 Å². The molecule has 1 aliphatic carbocycles. The Kier molecular flexibility index (Phi) is 4.88. The van der Waals surface area contributed by atoms with Gasteiger partial charge in [0.15, 0.2) is 0 Å². The van der Waals surface area contributed by atoms with Crippen molar-refractivity contribution in [3.05, 3.63) is 18.2 Å². The van der Waals surface area contributed by atoms with E-state index >= 15 is 0 Å². The molecular weight excluding hydrogens is 276 g/mol. The lowest BCUT2D eigenvalue weighted by molar-refractivity contribution is 0.416. The minimum Gasteiger partial charge on any atom is -0.495 e. The summed E-state index contributed by atoms with van der Waals surface area (Å²) in [5.74, 6) is 1.15. The van der Waals surface area contributed by atoms with Gasteiger partial charge < -0.3 is 10.5 Å². The molecule has 0 radical (unpaired) electrons. The number of ether oxygens (including phenoxy) is 1. The fourth-order valence-electron chi connectivity index (χ4n) is 2.66. The van der Waals surface area contributed by atoms with E-state index in [2.05, 4.69) is 4.72 Å². The Morgan fingerprint density at radius 2 is 2.05 bits per heavy atom. The summed E-state index contributed by atoms with van der Waals surface area (Å²) in [7, 11) is -1.99. The molecule has 5 nitrogen and oxygen atoms in total. The monoisotopic (exact) mass is 298 g/mol. The second-order valence-electron chi connectivity index (χ2n) is 5.24.